The minimum absolute atomic E-state index is 0.241. The lowest BCUT2D eigenvalue weighted by molar-refractivity contribution is 0.0365. The van der Waals surface area contributed by atoms with Gasteiger partial charge in [-0.2, -0.15) is 0 Å². The second-order valence-electron chi connectivity index (χ2n) is 9.30. The van der Waals surface area contributed by atoms with Crippen LogP contribution in [0.1, 0.15) is 21.5 Å². The van der Waals surface area contributed by atoms with Crippen molar-refractivity contribution in [2.75, 3.05) is 32.8 Å². The van der Waals surface area contributed by atoms with Crippen molar-refractivity contribution in [2.45, 2.75) is 6.54 Å². The molecule has 1 aliphatic rings. The lowest BCUT2D eigenvalue weighted by Gasteiger charge is -2.26. The standard InChI is InChI=1S/C31H27N3O3/c35-31(36)27-3-1-2-24(30(27)26-8-7-23-10-12-32-28(23)21-26)6-4-22-5-9-29-25(20-22)11-13-34(29)15-14-33-16-18-37-19-17-33/h1-3,5,7-13,20-21,32H,14-19H2,(H,35,36). The maximum atomic E-state index is 12.1. The third-order valence-electron chi connectivity index (χ3n) is 7.01. The summed E-state index contributed by atoms with van der Waals surface area (Å²) < 4.78 is 7.73. The Morgan fingerprint density at radius 2 is 1.84 bits per heavy atom. The van der Waals surface area contributed by atoms with Gasteiger partial charge in [-0.05, 0) is 59.5 Å². The maximum absolute atomic E-state index is 12.1. The van der Waals surface area contributed by atoms with Crippen LogP contribution in [0.25, 0.3) is 32.9 Å². The summed E-state index contributed by atoms with van der Waals surface area (Å²) in [6, 6.07) is 21.6. The highest BCUT2D eigenvalue weighted by atomic mass is 16.5. The predicted molar refractivity (Wildman–Crippen MR) is 146 cm³/mol. The van der Waals surface area contributed by atoms with Crippen LogP contribution in [0.3, 0.4) is 0 Å². The minimum atomic E-state index is -0.968. The van der Waals surface area contributed by atoms with Gasteiger partial charge in [-0.1, -0.05) is 30.0 Å². The summed E-state index contributed by atoms with van der Waals surface area (Å²) in [7, 11) is 0. The number of aromatic nitrogens is 2. The van der Waals surface area contributed by atoms with E-state index in [1.807, 2.05) is 42.6 Å². The lowest BCUT2D eigenvalue weighted by atomic mass is 9.93. The smallest absolute Gasteiger partial charge is 0.336 e. The fraction of sp³-hybridized carbons (Fsp3) is 0.194. The van der Waals surface area contributed by atoms with E-state index in [0.29, 0.717) is 11.1 Å². The molecular formula is C31H27N3O3. The third kappa shape index (κ3) is 4.75. The van der Waals surface area contributed by atoms with E-state index in [9.17, 15) is 9.90 Å². The largest absolute Gasteiger partial charge is 0.478 e. The first-order chi connectivity index (χ1) is 18.2. The SMILES string of the molecule is O=C(O)c1cccc(C#Cc2ccc3c(ccn3CCN3CCOCC3)c2)c1-c1ccc2cc[nH]c2c1. The number of carboxylic acid groups (broad SMARTS) is 1. The summed E-state index contributed by atoms with van der Waals surface area (Å²) in [5.74, 6) is 5.56. The number of H-pyrrole nitrogens is 1. The summed E-state index contributed by atoms with van der Waals surface area (Å²) in [6.45, 7) is 5.54. The molecule has 0 amide bonds. The fourth-order valence-corrected chi connectivity index (χ4v) is 5.04. The molecule has 1 saturated heterocycles. The topological polar surface area (TPSA) is 70.5 Å². The van der Waals surface area contributed by atoms with Gasteiger partial charge in [0.2, 0.25) is 0 Å². The van der Waals surface area contributed by atoms with Crippen LogP contribution >= 0.6 is 0 Å². The number of morpholine rings is 1. The highest BCUT2D eigenvalue weighted by Gasteiger charge is 2.16. The maximum Gasteiger partial charge on any atom is 0.336 e. The zero-order chi connectivity index (χ0) is 25.2. The van der Waals surface area contributed by atoms with Gasteiger partial charge in [0, 0.05) is 71.7 Å². The molecule has 1 fully saturated rings. The summed E-state index contributed by atoms with van der Waals surface area (Å²) in [6.07, 6.45) is 4.01. The van der Waals surface area contributed by atoms with Crippen molar-refractivity contribution in [3.8, 4) is 23.0 Å². The predicted octanol–water partition coefficient (Wildman–Crippen LogP) is 5.22. The number of nitrogens with one attached hydrogen (secondary N) is 1. The van der Waals surface area contributed by atoms with Crippen molar-refractivity contribution < 1.29 is 14.6 Å². The van der Waals surface area contributed by atoms with Crippen LogP contribution in [-0.4, -0.2) is 58.4 Å². The molecule has 0 spiro atoms. The molecule has 6 rings (SSSR count). The van der Waals surface area contributed by atoms with Crippen molar-refractivity contribution in [1.82, 2.24) is 14.5 Å². The quantitative estimate of drug-likeness (QED) is 0.332. The summed E-state index contributed by atoms with van der Waals surface area (Å²) in [4.78, 5) is 17.7. The van der Waals surface area contributed by atoms with Crippen molar-refractivity contribution in [1.29, 1.82) is 0 Å². The fourth-order valence-electron chi connectivity index (χ4n) is 5.04. The second kappa shape index (κ2) is 9.98. The van der Waals surface area contributed by atoms with E-state index >= 15 is 0 Å². The number of hydrogen-bond acceptors (Lipinski definition) is 3. The highest BCUT2D eigenvalue weighted by molar-refractivity contribution is 5.99. The van der Waals surface area contributed by atoms with Crippen LogP contribution in [0.2, 0.25) is 0 Å². The molecular weight excluding hydrogens is 462 g/mol. The Morgan fingerprint density at radius 1 is 0.946 bits per heavy atom. The number of carbonyl (C=O) groups is 1. The number of fused-ring (bicyclic) bond motifs is 2. The highest BCUT2D eigenvalue weighted by Crippen LogP contribution is 2.30. The van der Waals surface area contributed by atoms with Gasteiger partial charge in [0.05, 0.1) is 18.8 Å². The van der Waals surface area contributed by atoms with Crippen LogP contribution in [0, 0.1) is 11.8 Å². The van der Waals surface area contributed by atoms with Gasteiger partial charge in [0.25, 0.3) is 0 Å². The number of nitrogens with zero attached hydrogens (tertiary/aromatic N) is 2. The molecule has 1 aliphatic heterocycles. The van der Waals surface area contributed by atoms with E-state index in [2.05, 4.69) is 50.7 Å². The Balaban J connectivity index is 1.31. The number of ether oxygens (including phenoxy) is 1. The van der Waals surface area contributed by atoms with Crippen LogP contribution < -0.4 is 0 Å². The summed E-state index contributed by atoms with van der Waals surface area (Å²) >= 11 is 0. The monoisotopic (exact) mass is 489 g/mol. The Labute approximate surface area is 215 Å². The van der Waals surface area contributed by atoms with Crippen LogP contribution in [0.4, 0.5) is 0 Å². The molecule has 0 atom stereocenters. The molecule has 0 radical (unpaired) electrons. The molecule has 3 aromatic carbocycles. The summed E-state index contributed by atoms with van der Waals surface area (Å²) in [5.41, 5.74) is 5.43. The molecule has 37 heavy (non-hydrogen) atoms. The molecule has 6 nitrogen and oxygen atoms in total. The van der Waals surface area contributed by atoms with E-state index in [0.717, 1.165) is 66.8 Å². The second-order valence-corrected chi connectivity index (χ2v) is 9.30. The molecule has 2 aromatic heterocycles. The Kier molecular flexibility index (Phi) is 6.23. The lowest BCUT2D eigenvalue weighted by Crippen LogP contribution is -2.38. The minimum Gasteiger partial charge on any atom is -0.478 e. The molecule has 3 heterocycles. The molecule has 184 valence electrons. The number of benzene rings is 3. The molecule has 0 unspecified atom stereocenters. The summed E-state index contributed by atoms with van der Waals surface area (Å²) in [5, 5.41) is 12.1. The number of rotatable bonds is 5. The molecule has 0 aliphatic carbocycles. The molecule has 6 heteroatoms. The van der Waals surface area contributed by atoms with E-state index in [1.54, 1.807) is 12.1 Å². The number of hydrogen-bond donors (Lipinski definition) is 2. The van der Waals surface area contributed by atoms with Gasteiger partial charge in [0.15, 0.2) is 0 Å². The average molecular weight is 490 g/mol. The van der Waals surface area contributed by atoms with Crippen molar-refractivity contribution in [2.24, 2.45) is 0 Å². The average Bonchev–Trinajstić information content (AvgIpc) is 3.57. The first-order valence-corrected chi connectivity index (χ1v) is 12.5. The zero-order valence-electron chi connectivity index (χ0n) is 20.4. The van der Waals surface area contributed by atoms with Gasteiger partial charge in [-0.15, -0.1) is 0 Å². The Morgan fingerprint density at radius 3 is 2.70 bits per heavy atom. The van der Waals surface area contributed by atoms with Crippen molar-refractivity contribution in [3.63, 3.8) is 0 Å². The zero-order valence-corrected chi connectivity index (χ0v) is 20.4. The van der Waals surface area contributed by atoms with Gasteiger partial charge >= 0.3 is 5.97 Å². The third-order valence-corrected chi connectivity index (χ3v) is 7.01. The first-order valence-electron chi connectivity index (χ1n) is 12.5. The van der Waals surface area contributed by atoms with E-state index in [-0.39, 0.29) is 5.56 Å². The number of aromatic carboxylic acids is 1. The molecule has 2 N–H and O–H groups in total. The normalized spacial score (nSPS) is 14.1. The van der Waals surface area contributed by atoms with Crippen LogP contribution in [-0.2, 0) is 11.3 Å². The first kappa shape index (κ1) is 23.1. The van der Waals surface area contributed by atoms with Gasteiger partial charge in [-0.3, -0.25) is 4.90 Å². The van der Waals surface area contributed by atoms with Gasteiger partial charge < -0.3 is 19.4 Å². The van der Waals surface area contributed by atoms with Crippen LogP contribution in [0.15, 0.2) is 79.1 Å². The molecule has 0 bridgehead atoms. The Bertz CT molecular complexity index is 1660. The van der Waals surface area contributed by atoms with E-state index in [1.165, 1.54) is 5.52 Å². The van der Waals surface area contributed by atoms with Gasteiger partial charge in [-0.25, -0.2) is 4.79 Å². The number of carboxylic acids is 1. The van der Waals surface area contributed by atoms with Crippen molar-refractivity contribution >= 4 is 27.8 Å². The molecule has 5 aromatic rings. The Hall–Kier alpha value is -4.31. The van der Waals surface area contributed by atoms with Gasteiger partial charge in [0.1, 0.15) is 0 Å². The number of aromatic amines is 1. The van der Waals surface area contributed by atoms with E-state index in [4.69, 9.17) is 4.74 Å². The molecule has 0 saturated carbocycles. The van der Waals surface area contributed by atoms with Crippen molar-refractivity contribution in [3.05, 3.63) is 95.8 Å². The van der Waals surface area contributed by atoms with Crippen LogP contribution in [0.5, 0.6) is 0 Å². The van der Waals surface area contributed by atoms with E-state index < -0.39 is 5.97 Å².